The first-order valence-corrected chi connectivity index (χ1v) is 5.89. The van der Waals surface area contributed by atoms with E-state index in [1.807, 2.05) is 0 Å². The lowest BCUT2D eigenvalue weighted by Gasteiger charge is -2.28. The first-order chi connectivity index (χ1) is 8.22. The van der Waals surface area contributed by atoms with Gasteiger partial charge in [-0.3, -0.25) is 0 Å². The summed E-state index contributed by atoms with van der Waals surface area (Å²) in [5.74, 6) is 0.608. The van der Waals surface area contributed by atoms with Gasteiger partial charge < -0.3 is 15.2 Å². The SMILES string of the molecule is COc1cc(F)ccc1[C@H](N)C1CCOCC1. The summed E-state index contributed by atoms with van der Waals surface area (Å²) >= 11 is 0. The Morgan fingerprint density at radius 2 is 2.12 bits per heavy atom. The molecule has 2 rings (SSSR count). The van der Waals surface area contributed by atoms with Crippen molar-refractivity contribution in [3.63, 3.8) is 0 Å². The van der Waals surface area contributed by atoms with E-state index < -0.39 is 0 Å². The van der Waals surface area contributed by atoms with Gasteiger partial charge in [0.1, 0.15) is 11.6 Å². The summed E-state index contributed by atoms with van der Waals surface area (Å²) < 4.78 is 23.6. The fourth-order valence-electron chi connectivity index (χ4n) is 2.29. The van der Waals surface area contributed by atoms with Gasteiger partial charge in [-0.25, -0.2) is 4.39 Å². The van der Waals surface area contributed by atoms with Crippen molar-refractivity contribution < 1.29 is 13.9 Å². The average Bonchev–Trinajstić information content (AvgIpc) is 2.39. The van der Waals surface area contributed by atoms with Crippen LogP contribution in [0.15, 0.2) is 18.2 Å². The zero-order chi connectivity index (χ0) is 12.3. The second-order valence-electron chi connectivity index (χ2n) is 4.36. The molecular formula is C13H18FNO2. The van der Waals surface area contributed by atoms with Crippen LogP contribution in [0.1, 0.15) is 24.4 Å². The minimum absolute atomic E-state index is 0.116. The molecule has 0 unspecified atom stereocenters. The van der Waals surface area contributed by atoms with Gasteiger partial charge in [-0.1, -0.05) is 6.07 Å². The lowest BCUT2D eigenvalue weighted by Crippen LogP contribution is -2.27. The van der Waals surface area contributed by atoms with Crippen molar-refractivity contribution in [3.8, 4) is 5.75 Å². The lowest BCUT2D eigenvalue weighted by atomic mass is 9.87. The predicted octanol–water partition coefficient (Wildman–Crippen LogP) is 2.26. The van der Waals surface area contributed by atoms with Crippen LogP contribution in [-0.4, -0.2) is 20.3 Å². The van der Waals surface area contributed by atoms with Gasteiger partial charge in [-0.15, -0.1) is 0 Å². The number of rotatable bonds is 3. The molecule has 0 aliphatic carbocycles. The first kappa shape index (κ1) is 12.3. The van der Waals surface area contributed by atoms with Gasteiger partial charge in [0.2, 0.25) is 0 Å². The molecular weight excluding hydrogens is 221 g/mol. The molecule has 1 aromatic rings. The number of benzene rings is 1. The Balaban J connectivity index is 2.19. The van der Waals surface area contributed by atoms with Gasteiger partial charge in [0, 0.05) is 30.9 Å². The highest BCUT2D eigenvalue weighted by Crippen LogP contribution is 2.33. The third-order valence-corrected chi connectivity index (χ3v) is 3.33. The molecule has 1 heterocycles. The van der Waals surface area contributed by atoms with E-state index in [1.165, 1.54) is 19.2 Å². The molecule has 1 saturated heterocycles. The maximum Gasteiger partial charge on any atom is 0.126 e. The molecule has 1 aliphatic heterocycles. The number of halogens is 1. The molecule has 2 N–H and O–H groups in total. The lowest BCUT2D eigenvalue weighted by molar-refractivity contribution is 0.0581. The highest BCUT2D eigenvalue weighted by Gasteiger charge is 2.24. The number of ether oxygens (including phenoxy) is 2. The van der Waals surface area contributed by atoms with Crippen molar-refractivity contribution in [2.75, 3.05) is 20.3 Å². The van der Waals surface area contributed by atoms with Crippen molar-refractivity contribution in [3.05, 3.63) is 29.6 Å². The van der Waals surface area contributed by atoms with Crippen LogP contribution in [0.2, 0.25) is 0 Å². The minimum atomic E-state index is -0.301. The zero-order valence-electron chi connectivity index (χ0n) is 9.99. The highest BCUT2D eigenvalue weighted by atomic mass is 19.1. The van der Waals surface area contributed by atoms with Crippen molar-refractivity contribution in [1.29, 1.82) is 0 Å². The van der Waals surface area contributed by atoms with Gasteiger partial charge >= 0.3 is 0 Å². The summed E-state index contributed by atoms with van der Waals surface area (Å²) in [5, 5.41) is 0. The molecule has 4 heteroatoms. The Morgan fingerprint density at radius 1 is 1.41 bits per heavy atom. The standard InChI is InChI=1S/C13H18FNO2/c1-16-12-8-10(14)2-3-11(12)13(15)9-4-6-17-7-5-9/h2-3,8-9,13H,4-7,15H2,1H3/t13-/m1/s1. The van der Waals surface area contributed by atoms with Crippen molar-refractivity contribution >= 4 is 0 Å². The molecule has 0 spiro atoms. The van der Waals surface area contributed by atoms with E-state index in [9.17, 15) is 4.39 Å². The predicted molar refractivity (Wildman–Crippen MR) is 63.4 cm³/mol. The van der Waals surface area contributed by atoms with Gasteiger partial charge in [0.05, 0.1) is 7.11 Å². The van der Waals surface area contributed by atoms with Crippen LogP contribution in [0.3, 0.4) is 0 Å². The molecule has 17 heavy (non-hydrogen) atoms. The quantitative estimate of drug-likeness (QED) is 0.880. The average molecular weight is 239 g/mol. The van der Waals surface area contributed by atoms with E-state index in [4.69, 9.17) is 15.2 Å². The van der Waals surface area contributed by atoms with Gasteiger partial charge in [0.25, 0.3) is 0 Å². The van der Waals surface area contributed by atoms with Crippen LogP contribution in [0.25, 0.3) is 0 Å². The molecule has 0 saturated carbocycles. The van der Waals surface area contributed by atoms with E-state index in [0.29, 0.717) is 11.7 Å². The Morgan fingerprint density at radius 3 is 2.76 bits per heavy atom. The number of hydrogen-bond acceptors (Lipinski definition) is 3. The summed E-state index contributed by atoms with van der Waals surface area (Å²) in [7, 11) is 1.54. The number of nitrogens with two attached hydrogens (primary N) is 1. The Hall–Kier alpha value is -1.13. The van der Waals surface area contributed by atoms with Crippen LogP contribution in [0.5, 0.6) is 5.75 Å². The van der Waals surface area contributed by atoms with Crippen molar-refractivity contribution in [2.45, 2.75) is 18.9 Å². The van der Waals surface area contributed by atoms with E-state index in [1.54, 1.807) is 6.07 Å². The van der Waals surface area contributed by atoms with E-state index >= 15 is 0 Å². The third-order valence-electron chi connectivity index (χ3n) is 3.33. The molecule has 3 nitrogen and oxygen atoms in total. The third kappa shape index (κ3) is 2.76. The van der Waals surface area contributed by atoms with Crippen LogP contribution < -0.4 is 10.5 Å². The fraction of sp³-hybridized carbons (Fsp3) is 0.538. The monoisotopic (exact) mass is 239 g/mol. The van der Waals surface area contributed by atoms with Gasteiger partial charge in [-0.2, -0.15) is 0 Å². The normalized spacial score (nSPS) is 19.0. The Labute approximate surface area is 101 Å². The molecule has 94 valence electrons. The summed E-state index contributed by atoms with van der Waals surface area (Å²) in [5.41, 5.74) is 7.11. The van der Waals surface area contributed by atoms with E-state index in [2.05, 4.69) is 0 Å². The molecule has 0 radical (unpaired) electrons. The summed E-state index contributed by atoms with van der Waals surface area (Å²) in [6.45, 7) is 1.50. The largest absolute Gasteiger partial charge is 0.496 e. The second-order valence-corrected chi connectivity index (χ2v) is 4.36. The molecule has 0 aromatic heterocycles. The van der Waals surface area contributed by atoms with Crippen LogP contribution >= 0.6 is 0 Å². The minimum Gasteiger partial charge on any atom is -0.496 e. The van der Waals surface area contributed by atoms with Crippen LogP contribution in [0.4, 0.5) is 4.39 Å². The zero-order valence-corrected chi connectivity index (χ0v) is 9.99. The first-order valence-electron chi connectivity index (χ1n) is 5.89. The maximum atomic E-state index is 13.1. The molecule has 1 atom stereocenters. The number of methoxy groups -OCH3 is 1. The summed E-state index contributed by atoms with van der Waals surface area (Å²) in [4.78, 5) is 0. The summed E-state index contributed by atoms with van der Waals surface area (Å²) in [6, 6.07) is 4.41. The van der Waals surface area contributed by atoms with Gasteiger partial charge in [-0.05, 0) is 24.8 Å². The van der Waals surface area contributed by atoms with Crippen molar-refractivity contribution in [2.24, 2.45) is 11.7 Å². The second kappa shape index (κ2) is 5.47. The smallest absolute Gasteiger partial charge is 0.126 e. The molecule has 1 aromatic carbocycles. The van der Waals surface area contributed by atoms with Crippen LogP contribution in [-0.2, 0) is 4.74 Å². The molecule has 0 bridgehead atoms. The summed E-state index contributed by atoms with van der Waals surface area (Å²) in [6.07, 6.45) is 1.89. The van der Waals surface area contributed by atoms with E-state index in [0.717, 1.165) is 31.6 Å². The van der Waals surface area contributed by atoms with E-state index in [-0.39, 0.29) is 11.9 Å². The topological polar surface area (TPSA) is 44.5 Å². The van der Waals surface area contributed by atoms with Crippen molar-refractivity contribution in [1.82, 2.24) is 0 Å². The molecule has 1 fully saturated rings. The molecule has 0 amide bonds. The highest BCUT2D eigenvalue weighted by molar-refractivity contribution is 5.36. The number of hydrogen-bond donors (Lipinski definition) is 1. The Kier molecular flexibility index (Phi) is 3.97. The molecule has 1 aliphatic rings. The fourth-order valence-corrected chi connectivity index (χ4v) is 2.29. The maximum absolute atomic E-state index is 13.1. The van der Waals surface area contributed by atoms with Gasteiger partial charge in [0.15, 0.2) is 0 Å². The van der Waals surface area contributed by atoms with Crippen LogP contribution in [0, 0.1) is 11.7 Å². The Bertz CT molecular complexity index is 378.